The summed E-state index contributed by atoms with van der Waals surface area (Å²) in [6.07, 6.45) is 1.46. The van der Waals surface area contributed by atoms with Gasteiger partial charge >= 0.3 is 0 Å². The van der Waals surface area contributed by atoms with Crippen molar-refractivity contribution in [2.24, 2.45) is 4.99 Å². The normalized spacial score (nSPS) is 10.7. The predicted molar refractivity (Wildman–Crippen MR) is 94.3 cm³/mol. The van der Waals surface area contributed by atoms with Crippen molar-refractivity contribution in [3.8, 4) is 34.5 Å². The van der Waals surface area contributed by atoms with E-state index in [0.29, 0.717) is 22.8 Å². The Balaban J connectivity index is 2.19. The summed E-state index contributed by atoms with van der Waals surface area (Å²) in [6.45, 7) is -0.222. The molecule has 0 unspecified atom stereocenters. The highest BCUT2D eigenvalue weighted by Gasteiger charge is 2.14. The number of ether oxygens (including phenoxy) is 3. The summed E-state index contributed by atoms with van der Waals surface area (Å²) in [5, 5.41) is 28.2. The monoisotopic (exact) mass is 361 g/mol. The average Bonchev–Trinajstić information content (AvgIpc) is 2.64. The third-order valence-corrected chi connectivity index (χ3v) is 3.55. The number of Topliss-reactive ketones (excluding diaryl/α,β-unsaturated/α-hetero) is 1. The summed E-state index contributed by atoms with van der Waals surface area (Å²) >= 11 is 0. The van der Waals surface area contributed by atoms with Gasteiger partial charge in [0.25, 0.3) is 0 Å². The lowest BCUT2D eigenvalue weighted by atomic mass is 10.1. The minimum absolute atomic E-state index is 0.0276. The van der Waals surface area contributed by atoms with Crippen LogP contribution in [0.15, 0.2) is 29.3 Å². The molecule has 2 aromatic carbocycles. The van der Waals surface area contributed by atoms with Crippen molar-refractivity contribution in [2.75, 3.05) is 27.9 Å². The summed E-state index contributed by atoms with van der Waals surface area (Å²) < 4.78 is 15.7. The number of hydrogen-bond donors (Lipinski definition) is 3. The van der Waals surface area contributed by atoms with E-state index < -0.39 is 23.0 Å². The predicted octanol–water partition coefficient (Wildman–Crippen LogP) is 2.13. The van der Waals surface area contributed by atoms with Gasteiger partial charge in [-0.2, -0.15) is 0 Å². The summed E-state index contributed by atoms with van der Waals surface area (Å²) in [6, 6.07) is 5.47. The molecular weight excluding hydrogens is 342 g/mol. The summed E-state index contributed by atoms with van der Waals surface area (Å²) in [5.74, 6) is -0.940. The molecule has 0 aliphatic rings. The highest BCUT2D eigenvalue weighted by atomic mass is 16.5. The number of carbonyl (C=O) groups is 1. The number of benzene rings is 2. The van der Waals surface area contributed by atoms with E-state index in [0.717, 1.165) is 12.1 Å². The second-order valence-corrected chi connectivity index (χ2v) is 5.21. The Kier molecular flexibility index (Phi) is 5.90. The second-order valence-electron chi connectivity index (χ2n) is 5.21. The number of nitrogens with zero attached hydrogens (tertiary/aromatic N) is 1. The minimum Gasteiger partial charge on any atom is -0.504 e. The molecule has 0 radical (unpaired) electrons. The standard InChI is InChI=1S/C18H19NO7/c1-24-15-4-10(5-16(25-2)18(15)26-3)8-19-9-14(22)11-6-12(20)17(23)13(21)7-11/h4-8,20-21,23H,9H2,1-3H3. The van der Waals surface area contributed by atoms with Gasteiger partial charge in [-0.25, -0.2) is 0 Å². The van der Waals surface area contributed by atoms with Gasteiger partial charge in [0.05, 0.1) is 21.3 Å². The fraction of sp³-hybridized carbons (Fsp3) is 0.222. The Bertz CT molecular complexity index is 797. The third kappa shape index (κ3) is 3.97. The van der Waals surface area contributed by atoms with Gasteiger partial charge in [-0.1, -0.05) is 0 Å². The van der Waals surface area contributed by atoms with Crippen molar-refractivity contribution in [1.82, 2.24) is 0 Å². The van der Waals surface area contributed by atoms with Crippen molar-refractivity contribution in [2.45, 2.75) is 0 Å². The number of carbonyl (C=O) groups excluding carboxylic acids is 1. The van der Waals surface area contributed by atoms with Gasteiger partial charge in [-0.05, 0) is 29.8 Å². The second kappa shape index (κ2) is 8.11. The third-order valence-electron chi connectivity index (χ3n) is 3.55. The zero-order valence-corrected chi connectivity index (χ0v) is 14.5. The van der Waals surface area contributed by atoms with Gasteiger partial charge in [-0.15, -0.1) is 0 Å². The van der Waals surface area contributed by atoms with Crippen LogP contribution in [0.1, 0.15) is 15.9 Å². The molecule has 2 rings (SSSR count). The van der Waals surface area contributed by atoms with Crippen molar-refractivity contribution >= 4 is 12.0 Å². The Morgan fingerprint density at radius 1 is 0.962 bits per heavy atom. The quantitative estimate of drug-likeness (QED) is 0.393. The van der Waals surface area contributed by atoms with Crippen LogP contribution in [0.5, 0.6) is 34.5 Å². The van der Waals surface area contributed by atoms with Crippen LogP contribution in [0.3, 0.4) is 0 Å². The Labute approximate surface area is 149 Å². The molecule has 0 fully saturated rings. The Morgan fingerprint density at radius 3 is 1.96 bits per heavy atom. The van der Waals surface area contributed by atoms with E-state index in [9.17, 15) is 20.1 Å². The van der Waals surface area contributed by atoms with Gasteiger partial charge in [0, 0.05) is 11.8 Å². The molecule has 8 heteroatoms. The van der Waals surface area contributed by atoms with Crippen LogP contribution in [0.25, 0.3) is 0 Å². The molecular formula is C18H19NO7. The number of phenolic OH excluding ortho intramolecular Hbond substituents is 3. The minimum atomic E-state index is -0.678. The molecule has 0 amide bonds. The van der Waals surface area contributed by atoms with Gasteiger partial charge in [0.2, 0.25) is 5.75 Å². The molecule has 0 saturated heterocycles. The number of aromatic hydroxyl groups is 3. The molecule has 0 aromatic heterocycles. The van der Waals surface area contributed by atoms with Crippen LogP contribution in [0, 0.1) is 0 Å². The van der Waals surface area contributed by atoms with Crippen molar-refractivity contribution < 1.29 is 34.3 Å². The Morgan fingerprint density at radius 2 is 1.50 bits per heavy atom. The van der Waals surface area contributed by atoms with E-state index in [1.807, 2.05) is 0 Å². The van der Waals surface area contributed by atoms with Crippen molar-refractivity contribution in [1.29, 1.82) is 0 Å². The molecule has 26 heavy (non-hydrogen) atoms. The maximum Gasteiger partial charge on any atom is 0.203 e. The molecule has 138 valence electrons. The smallest absolute Gasteiger partial charge is 0.203 e. The molecule has 0 saturated carbocycles. The highest BCUT2D eigenvalue weighted by Crippen LogP contribution is 2.38. The molecule has 0 bridgehead atoms. The van der Waals surface area contributed by atoms with Crippen LogP contribution < -0.4 is 14.2 Å². The SMILES string of the molecule is COc1cc(C=NCC(=O)c2cc(O)c(O)c(O)c2)cc(OC)c1OC. The fourth-order valence-electron chi connectivity index (χ4n) is 2.27. The van der Waals surface area contributed by atoms with E-state index in [2.05, 4.69) is 4.99 Å². The molecule has 0 aliphatic heterocycles. The molecule has 0 atom stereocenters. The van der Waals surface area contributed by atoms with Crippen LogP contribution in [-0.2, 0) is 0 Å². The van der Waals surface area contributed by atoms with E-state index in [1.165, 1.54) is 27.5 Å². The van der Waals surface area contributed by atoms with Gasteiger partial charge in [0.15, 0.2) is 34.5 Å². The molecule has 0 aliphatic carbocycles. The van der Waals surface area contributed by atoms with Crippen molar-refractivity contribution in [3.05, 3.63) is 35.4 Å². The van der Waals surface area contributed by atoms with Crippen LogP contribution in [0.2, 0.25) is 0 Å². The lowest BCUT2D eigenvalue weighted by Crippen LogP contribution is -2.04. The number of phenols is 3. The maximum absolute atomic E-state index is 12.1. The number of rotatable bonds is 7. The lowest BCUT2D eigenvalue weighted by molar-refractivity contribution is 0.100. The molecule has 2 aromatic rings. The largest absolute Gasteiger partial charge is 0.504 e. The highest BCUT2D eigenvalue weighted by molar-refractivity contribution is 5.99. The van der Waals surface area contributed by atoms with Crippen molar-refractivity contribution in [3.63, 3.8) is 0 Å². The number of ketones is 1. The lowest BCUT2D eigenvalue weighted by Gasteiger charge is -2.12. The van der Waals surface area contributed by atoms with E-state index >= 15 is 0 Å². The summed E-state index contributed by atoms with van der Waals surface area (Å²) in [4.78, 5) is 16.2. The molecule has 8 nitrogen and oxygen atoms in total. The summed E-state index contributed by atoms with van der Waals surface area (Å²) in [7, 11) is 4.48. The average molecular weight is 361 g/mol. The molecule has 3 N–H and O–H groups in total. The van der Waals surface area contributed by atoms with Gasteiger partial charge < -0.3 is 29.5 Å². The first-order valence-corrected chi connectivity index (χ1v) is 7.49. The number of aliphatic imine (C=N–C) groups is 1. The van der Waals surface area contributed by atoms with Gasteiger partial charge in [0.1, 0.15) is 6.54 Å². The topological polar surface area (TPSA) is 118 Å². The zero-order valence-electron chi connectivity index (χ0n) is 14.5. The van der Waals surface area contributed by atoms with E-state index in [1.54, 1.807) is 12.1 Å². The maximum atomic E-state index is 12.1. The first-order chi connectivity index (χ1) is 12.4. The Hall–Kier alpha value is -3.42. The van der Waals surface area contributed by atoms with E-state index in [4.69, 9.17) is 14.2 Å². The number of methoxy groups -OCH3 is 3. The first kappa shape index (κ1) is 18.9. The van der Waals surface area contributed by atoms with Crippen LogP contribution >= 0.6 is 0 Å². The number of hydrogen-bond acceptors (Lipinski definition) is 8. The van der Waals surface area contributed by atoms with Crippen LogP contribution in [0.4, 0.5) is 0 Å². The first-order valence-electron chi connectivity index (χ1n) is 7.49. The zero-order chi connectivity index (χ0) is 19.3. The molecule has 0 heterocycles. The van der Waals surface area contributed by atoms with E-state index in [-0.39, 0.29) is 12.1 Å². The fourth-order valence-corrected chi connectivity index (χ4v) is 2.27. The van der Waals surface area contributed by atoms with Gasteiger partial charge in [-0.3, -0.25) is 9.79 Å². The van der Waals surface area contributed by atoms with Crippen LogP contribution in [-0.4, -0.2) is 55.2 Å². The molecule has 0 spiro atoms. The summed E-state index contributed by atoms with van der Waals surface area (Å²) in [5.41, 5.74) is 0.656.